The Kier molecular flexibility index (Phi) is 2.62. The lowest BCUT2D eigenvalue weighted by molar-refractivity contribution is 0.667. The summed E-state index contributed by atoms with van der Waals surface area (Å²) in [7, 11) is 0. The Bertz CT molecular complexity index is 334. The second-order valence-corrected chi connectivity index (χ2v) is 4.79. The first-order valence-electron chi connectivity index (χ1n) is 5.81. The first kappa shape index (κ1) is 9.76. The van der Waals surface area contributed by atoms with Gasteiger partial charge in [0.15, 0.2) is 0 Å². The molecular weight excluding hydrogens is 168 g/mol. The molecule has 0 atom stereocenters. The molecule has 0 heterocycles. The quantitative estimate of drug-likeness (QED) is 0.625. The van der Waals surface area contributed by atoms with E-state index in [0.717, 1.165) is 0 Å². The Hall–Kier alpha value is -0.780. The molecule has 0 amide bonds. The third-order valence-electron chi connectivity index (χ3n) is 3.43. The maximum Gasteiger partial charge on any atom is -0.0216 e. The minimum atomic E-state index is 0.683. The molecule has 0 spiro atoms. The number of aryl methyl sites for hydroxylation is 1. The number of rotatable bonds is 1. The molecule has 0 saturated carbocycles. The molecule has 1 aliphatic carbocycles. The molecule has 0 unspecified atom stereocenters. The van der Waals surface area contributed by atoms with Crippen LogP contribution in [0, 0.1) is 6.92 Å². The van der Waals surface area contributed by atoms with Crippen molar-refractivity contribution in [3.05, 3.63) is 34.4 Å². The van der Waals surface area contributed by atoms with Crippen LogP contribution in [0.5, 0.6) is 0 Å². The van der Waals surface area contributed by atoms with Gasteiger partial charge in [0.1, 0.15) is 0 Å². The van der Waals surface area contributed by atoms with Crippen molar-refractivity contribution >= 4 is 0 Å². The number of hydrogen-bond acceptors (Lipinski definition) is 0. The highest BCUT2D eigenvalue weighted by Crippen LogP contribution is 2.30. The highest BCUT2D eigenvalue weighted by Gasteiger charge is 2.16. The van der Waals surface area contributed by atoms with Crippen molar-refractivity contribution in [2.24, 2.45) is 0 Å². The first-order chi connectivity index (χ1) is 6.70. The molecule has 0 bridgehead atoms. The summed E-state index contributed by atoms with van der Waals surface area (Å²) < 4.78 is 0. The monoisotopic (exact) mass is 188 g/mol. The van der Waals surface area contributed by atoms with Crippen LogP contribution in [0.15, 0.2) is 12.1 Å². The summed E-state index contributed by atoms with van der Waals surface area (Å²) in [5, 5.41) is 0. The third kappa shape index (κ3) is 1.58. The van der Waals surface area contributed by atoms with E-state index in [2.05, 4.69) is 32.9 Å². The molecule has 0 aliphatic heterocycles. The van der Waals surface area contributed by atoms with Crippen LogP contribution in [0.2, 0.25) is 0 Å². The van der Waals surface area contributed by atoms with E-state index >= 15 is 0 Å². The molecular formula is C14H20. The molecule has 76 valence electrons. The summed E-state index contributed by atoms with van der Waals surface area (Å²) in [6.07, 6.45) is 5.39. The number of benzene rings is 1. The topological polar surface area (TPSA) is 0 Å². The minimum absolute atomic E-state index is 0.683. The van der Waals surface area contributed by atoms with Gasteiger partial charge in [-0.2, -0.15) is 0 Å². The van der Waals surface area contributed by atoms with Crippen molar-refractivity contribution in [1.29, 1.82) is 0 Å². The fraction of sp³-hybridized carbons (Fsp3) is 0.571. The summed E-state index contributed by atoms with van der Waals surface area (Å²) in [6.45, 7) is 6.87. The predicted octanol–water partition coefficient (Wildman–Crippen LogP) is 4.00. The lowest BCUT2D eigenvalue weighted by atomic mass is 9.82. The molecule has 0 fully saturated rings. The van der Waals surface area contributed by atoms with Crippen LogP contribution >= 0.6 is 0 Å². The van der Waals surface area contributed by atoms with Gasteiger partial charge >= 0.3 is 0 Å². The van der Waals surface area contributed by atoms with Crippen molar-refractivity contribution < 1.29 is 0 Å². The van der Waals surface area contributed by atoms with Crippen LogP contribution in [0.25, 0.3) is 0 Å². The van der Waals surface area contributed by atoms with Gasteiger partial charge in [-0.3, -0.25) is 0 Å². The van der Waals surface area contributed by atoms with E-state index in [9.17, 15) is 0 Å². The first-order valence-corrected chi connectivity index (χ1v) is 5.81. The molecule has 0 saturated heterocycles. The number of hydrogen-bond donors (Lipinski definition) is 0. The molecule has 0 N–H and O–H groups in total. The van der Waals surface area contributed by atoms with Crippen molar-refractivity contribution in [3.63, 3.8) is 0 Å². The molecule has 1 aliphatic rings. The van der Waals surface area contributed by atoms with Crippen LogP contribution in [0.3, 0.4) is 0 Å². The molecule has 1 aromatic rings. The molecule has 0 heteroatoms. The molecule has 1 aromatic carbocycles. The Morgan fingerprint density at radius 1 is 1.00 bits per heavy atom. The van der Waals surface area contributed by atoms with Gasteiger partial charge in [-0.1, -0.05) is 26.0 Å². The van der Waals surface area contributed by atoms with Gasteiger partial charge in [-0.15, -0.1) is 0 Å². The third-order valence-corrected chi connectivity index (χ3v) is 3.43. The minimum Gasteiger partial charge on any atom is -0.0587 e. The second-order valence-electron chi connectivity index (χ2n) is 4.79. The fourth-order valence-corrected chi connectivity index (χ4v) is 2.62. The smallest absolute Gasteiger partial charge is 0.0216 e. The summed E-state index contributed by atoms with van der Waals surface area (Å²) in [6, 6.07) is 4.64. The van der Waals surface area contributed by atoms with Gasteiger partial charge in [0.05, 0.1) is 0 Å². The van der Waals surface area contributed by atoms with Crippen LogP contribution in [-0.2, 0) is 12.8 Å². The van der Waals surface area contributed by atoms with Crippen molar-refractivity contribution in [3.8, 4) is 0 Å². The van der Waals surface area contributed by atoms with E-state index in [4.69, 9.17) is 0 Å². The molecule has 0 nitrogen and oxygen atoms in total. The Morgan fingerprint density at radius 2 is 1.64 bits per heavy atom. The SMILES string of the molecule is Cc1ccc(C(C)C)c2c1CCCC2. The zero-order valence-corrected chi connectivity index (χ0v) is 9.56. The van der Waals surface area contributed by atoms with Gasteiger partial charge < -0.3 is 0 Å². The molecule has 0 radical (unpaired) electrons. The van der Waals surface area contributed by atoms with Crippen molar-refractivity contribution in [2.45, 2.75) is 52.4 Å². The zero-order chi connectivity index (χ0) is 10.1. The standard InChI is InChI=1S/C14H20/c1-10(2)12-9-8-11(3)13-6-4-5-7-14(12)13/h8-10H,4-7H2,1-3H3. The Balaban J connectivity index is 2.53. The normalized spacial score (nSPS) is 15.7. The maximum absolute atomic E-state index is 2.34. The zero-order valence-electron chi connectivity index (χ0n) is 9.56. The van der Waals surface area contributed by atoms with Crippen LogP contribution in [0.4, 0.5) is 0 Å². The fourth-order valence-electron chi connectivity index (χ4n) is 2.62. The Morgan fingerprint density at radius 3 is 2.29 bits per heavy atom. The summed E-state index contributed by atoms with van der Waals surface area (Å²) in [5.41, 5.74) is 6.42. The van der Waals surface area contributed by atoms with Crippen LogP contribution in [0.1, 0.15) is 54.9 Å². The molecule has 14 heavy (non-hydrogen) atoms. The second kappa shape index (κ2) is 3.76. The van der Waals surface area contributed by atoms with Gasteiger partial charge in [0.2, 0.25) is 0 Å². The molecule has 0 aromatic heterocycles. The lowest BCUT2D eigenvalue weighted by Crippen LogP contribution is -2.09. The van der Waals surface area contributed by atoms with Crippen LogP contribution in [-0.4, -0.2) is 0 Å². The van der Waals surface area contributed by atoms with E-state index in [1.165, 1.54) is 31.2 Å². The van der Waals surface area contributed by atoms with Gasteiger partial charge in [-0.05, 0) is 60.8 Å². The van der Waals surface area contributed by atoms with Gasteiger partial charge in [-0.25, -0.2) is 0 Å². The maximum atomic E-state index is 2.34. The highest BCUT2D eigenvalue weighted by atomic mass is 14.2. The average molecular weight is 188 g/mol. The van der Waals surface area contributed by atoms with E-state index < -0.39 is 0 Å². The lowest BCUT2D eigenvalue weighted by Gasteiger charge is -2.23. The van der Waals surface area contributed by atoms with E-state index in [0.29, 0.717) is 5.92 Å². The van der Waals surface area contributed by atoms with Gasteiger partial charge in [0, 0.05) is 0 Å². The Labute approximate surface area is 87.3 Å². The summed E-state index contributed by atoms with van der Waals surface area (Å²) in [5.74, 6) is 0.683. The largest absolute Gasteiger partial charge is 0.0587 e. The van der Waals surface area contributed by atoms with E-state index in [-0.39, 0.29) is 0 Å². The van der Waals surface area contributed by atoms with Crippen LogP contribution < -0.4 is 0 Å². The highest BCUT2D eigenvalue weighted by molar-refractivity contribution is 5.43. The predicted molar refractivity (Wildman–Crippen MR) is 61.9 cm³/mol. The van der Waals surface area contributed by atoms with Crippen molar-refractivity contribution in [1.82, 2.24) is 0 Å². The van der Waals surface area contributed by atoms with Gasteiger partial charge in [0.25, 0.3) is 0 Å². The van der Waals surface area contributed by atoms with Crippen molar-refractivity contribution in [2.75, 3.05) is 0 Å². The average Bonchev–Trinajstić information content (AvgIpc) is 2.18. The van der Waals surface area contributed by atoms with E-state index in [1.54, 1.807) is 16.7 Å². The number of fused-ring (bicyclic) bond motifs is 1. The van der Waals surface area contributed by atoms with E-state index in [1.807, 2.05) is 0 Å². The summed E-state index contributed by atoms with van der Waals surface area (Å²) >= 11 is 0. The molecule has 2 rings (SSSR count). The summed E-state index contributed by atoms with van der Waals surface area (Å²) in [4.78, 5) is 0.